The van der Waals surface area contributed by atoms with E-state index in [2.05, 4.69) is 37.4 Å². The van der Waals surface area contributed by atoms with Gasteiger partial charge in [-0.15, -0.1) is 11.8 Å². The number of carbonyl (C=O) groups is 2. The third-order valence-electron chi connectivity index (χ3n) is 6.28. The number of nitrogens with zero attached hydrogens (tertiary/aromatic N) is 1. The molecule has 0 heterocycles. The molecule has 0 spiro atoms. The fourth-order valence-corrected chi connectivity index (χ4v) is 5.16. The van der Waals surface area contributed by atoms with Crippen LogP contribution in [0.2, 0.25) is 0 Å². The number of rotatable bonds is 13. The second-order valence-corrected chi connectivity index (χ2v) is 10.3. The molecule has 0 aliphatic carbocycles. The molecule has 3 aromatic rings. The predicted octanol–water partition coefficient (Wildman–Crippen LogP) is 6.09. The Morgan fingerprint density at radius 3 is 2.36 bits per heavy atom. The summed E-state index contributed by atoms with van der Waals surface area (Å²) in [7, 11) is 0. The molecule has 0 saturated carbocycles. The van der Waals surface area contributed by atoms with E-state index in [1.165, 1.54) is 11.1 Å². The Kier molecular flexibility index (Phi) is 11.1. The van der Waals surface area contributed by atoms with Gasteiger partial charge >= 0.3 is 0 Å². The number of carbonyl (C=O) groups excluding carboxylic acids is 2. The third-order valence-corrected chi connectivity index (χ3v) is 7.25. The van der Waals surface area contributed by atoms with Crippen LogP contribution in [0.15, 0.2) is 78.9 Å². The van der Waals surface area contributed by atoms with Gasteiger partial charge in [0.1, 0.15) is 6.04 Å². The maximum atomic E-state index is 13.7. The van der Waals surface area contributed by atoms with Gasteiger partial charge in [-0.2, -0.15) is 0 Å². The molecule has 0 aliphatic rings. The molecule has 36 heavy (non-hydrogen) atoms. The first-order chi connectivity index (χ1) is 17.5. The molecule has 0 fully saturated rings. The highest BCUT2D eigenvalue weighted by Gasteiger charge is 2.30. The lowest BCUT2D eigenvalue weighted by Crippen LogP contribution is -2.51. The maximum Gasteiger partial charge on any atom is 0.243 e. The van der Waals surface area contributed by atoms with Crippen LogP contribution in [0.25, 0.3) is 0 Å². The number of hydrogen-bond acceptors (Lipinski definition) is 3. The summed E-state index contributed by atoms with van der Waals surface area (Å²) in [6, 6.07) is 25.8. The minimum atomic E-state index is -0.573. The summed E-state index contributed by atoms with van der Waals surface area (Å²) >= 11 is 1.60. The molecule has 0 bridgehead atoms. The van der Waals surface area contributed by atoms with E-state index in [-0.39, 0.29) is 11.8 Å². The van der Waals surface area contributed by atoms with Crippen molar-refractivity contribution >= 4 is 23.6 Å². The zero-order chi connectivity index (χ0) is 25.8. The first kappa shape index (κ1) is 27.5. The standard InChI is InChI=1S/C31H38N2O2S/c1-4-5-18-32-31(35)29(20-26-14-7-6-8-15-26)33(21-27-16-11-12-24(2)19-27)30(34)23-36-22-28-17-10-9-13-25(28)3/h6-17,19,29H,4-5,18,20-23H2,1-3H3,(H,32,35)/t29-/m0/s1. The fourth-order valence-electron chi connectivity index (χ4n) is 4.17. The summed E-state index contributed by atoms with van der Waals surface area (Å²) in [5.41, 5.74) is 5.68. The van der Waals surface area contributed by atoms with Crippen molar-refractivity contribution in [2.75, 3.05) is 12.3 Å². The molecular formula is C31H38N2O2S. The van der Waals surface area contributed by atoms with Crippen LogP contribution in [-0.2, 0) is 28.3 Å². The van der Waals surface area contributed by atoms with Crippen molar-refractivity contribution < 1.29 is 9.59 Å². The summed E-state index contributed by atoms with van der Waals surface area (Å²) < 4.78 is 0. The van der Waals surface area contributed by atoms with E-state index in [1.54, 1.807) is 16.7 Å². The van der Waals surface area contributed by atoms with Gasteiger partial charge in [0, 0.05) is 25.3 Å². The van der Waals surface area contributed by atoms with E-state index < -0.39 is 6.04 Å². The van der Waals surface area contributed by atoms with Gasteiger partial charge in [0.2, 0.25) is 11.8 Å². The third kappa shape index (κ3) is 8.56. The lowest BCUT2D eigenvalue weighted by molar-refractivity contribution is -0.139. The summed E-state index contributed by atoms with van der Waals surface area (Å²) in [5.74, 6) is 0.995. The zero-order valence-electron chi connectivity index (χ0n) is 21.7. The number of amides is 2. The lowest BCUT2D eigenvalue weighted by Gasteiger charge is -2.31. The zero-order valence-corrected chi connectivity index (χ0v) is 22.5. The Morgan fingerprint density at radius 1 is 0.917 bits per heavy atom. The monoisotopic (exact) mass is 502 g/mol. The molecule has 3 rings (SSSR count). The van der Waals surface area contributed by atoms with Gasteiger partial charge in [-0.05, 0) is 42.5 Å². The quantitative estimate of drug-likeness (QED) is 0.288. The highest BCUT2D eigenvalue weighted by molar-refractivity contribution is 7.99. The summed E-state index contributed by atoms with van der Waals surface area (Å²) in [6.45, 7) is 7.27. The lowest BCUT2D eigenvalue weighted by atomic mass is 10.0. The van der Waals surface area contributed by atoms with Crippen molar-refractivity contribution in [3.05, 3.63) is 107 Å². The molecule has 0 saturated heterocycles. The molecular weight excluding hydrogens is 464 g/mol. The minimum absolute atomic E-state index is 0.0123. The van der Waals surface area contributed by atoms with E-state index in [1.807, 2.05) is 67.6 Å². The highest BCUT2D eigenvalue weighted by atomic mass is 32.2. The van der Waals surface area contributed by atoms with Gasteiger partial charge in [-0.3, -0.25) is 9.59 Å². The number of nitrogens with one attached hydrogen (secondary N) is 1. The summed E-state index contributed by atoms with van der Waals surface area (Å²) in [5, 5.41) is 3.09. The van der Waals surface area contributed by atoms with Gasteiger partial charge in [-0.25, -0.2) is 0 Å². The van der Waals surface area contributed by atoms with Gasteiger partial charge in [-0.1, -0.05) is 97.8 Å². The molecule has 0 unspecified atom stereocenters. The normalized spacial score (nSPS) is 11.6. The molecule has 3 aromatic carbocycles. The molecule has 4 nitrogen and oxygen atoms in total. The van der Waals surface area contributed by atoms with Crippen molar-refractivity contribution in [1.29, 1.82) is 0 Å². The van der Waals surface area contributed by atoms with E-state index in [0.29, 0.717) is 25.3 Å². The van der Waals surface area contributed by atoms with Crippen LogP contribution in [0.3, 0.4) is 0 Å². The van der Waals surface area contributed by atoms with Crippen LogP contribution < -0.4 is 5.32 Å². The van der Waals surface area contributed by atoms with Crippen LogP contribution in [0.5, 0.6) is 0 Å². The van der Waals surface area contributed by atoms with Crippen molar-refractivity contribution in [1.82, 2.24) is 10.2 Å². The van der Waals surface area contributed by atoms with Crippen LogP contribution in [0, 0.1) is 13.8 Å². The fraction of sp³-hybridized carbons (Fsp3) is 0.355. The van der Waals surface area contributed by atoms with E-state index in [0.717, 1.165) is 35.3 Å². The predicted molar refractivity (Wildman–Crippen MR) is 151 cm³/mol. The molecule has 2 amide bonds. The SMILES string of the molecule is CCCCNC(=O)[C@H](Cc1ccccc1)N(Cc1cccc(C)c1)C(=O)CSCc1ccccc1C. The molecule has 1 N–H and O–H groups in total. The largest absolute Gasteiger partial charge is 0.354 e. The number of thioether (sulfide) groups is 1. The summed E-state index contributed by atoms with van der Waals surface area (Å²) in [4.78, 5) is 28.9. The van der Waals surface area contributed by atoms with Gasteiger partial charge in [0.15, 0.2) is 0 Å². The Labute approximate surface area is 220 Å². The van der Waals surface area contributed by atoms with Gasteiger partial charge < -0.3 is 10.2 Å². The first-order valence-corrected chi connectivity index (χ1v) is 13.9. The number of hydrogen-bond donors (Lipinski definition) is 1. The first-order valence-electron chi connectivity index (χ1n) is 12.8. The highest BCUT2D eigenvalue weighted by Crippen LogP contribution is 2.20. The van der Waals surface area contributed by atoms with Crippen molar-refractivity contribution in [3.63, 3.8) is 0 Å². The minimum Gasteiger partial charge on any atom is -0.354 e. The van der Waals surface area contributed by atoms with Crippen molar-refractivity contribution in [2.45, 2.75) is 58.4 Å². The molecule has 1 atom stereocenters. The number of aryl methyl sites for hydroxylation is 2. The van der Waals surface area contributed by atoms with Crippen LogP contribution in [0.1, 0.15) is 47.6 Å². The van der Waals surface area contributed by atoms with E-state index in [4.69, 9.17) is 0 Å². The van der Waals surface area contributed by atoms with Crippen LogP contribution in [-0.4, -0.2) is 35.1 Å². The number of unbranched alkanes of at least 4 members (excludes halogenated alkanes) is 1. The topological polar surface area (TPSA) is 49.4 Å². The summed E-state index contributed by atoms with van der Waals surface area (Å²) in [6.07, 6.45) is 2.41. The molecule has 190 valence electrons. The van der Waals surface area contributed by atoms with E-state index in [9.17, 15) is 9.59 Å². The average molecular weight is 503 g/mol. The van der Waals surface area contributed by atoms with Crippen LogP contribution in [0.4, 0.5) is 0 Å². The molecule has 0 aliphatic heterocycles. The second-order valence-electron chi connectivity index (χ2n) is 9.28. The Balaban J connectivity index is 1.84. The van der Waals surface area contributed by atoms with Gasteiger partial charge in [0.05, 0.1) is 5.75 Å². The smallest absolute Gasteiger partial charge is 0.243 e. The van der Waals surface area contributed by atoms with Crippen LogP contribution >= 0.6 is 11.8 Å². The van der Waals surface area contributed by atoms with Crippen molar-refractivity contribution in [3.8, 4) is 0 Å². The average Bonchev–Trinajstić information content (AvgIpc) is 2.88. The van der Waals surface area contributed by atoms with E-state index >= 15 is 0 Å². The van der Waals surface area contributed by atoms with Gasteiger partial charge in [0.25, 0.3) is 0 Å². The number of benzene rings is 3. The molecule has 0 aromatic heterocycles. The Bertz CT molecular complexity index is 1120. The Hall–Kier alpha value is -3.05. The van der Waals surface area contributed by atoms with Crippen molar-refractivity contribution in [2.24, 2.45) is 0 Å². The second kappa shape index (κ2) is 14.5. The maximum absolute atomic E-state index is 13.7. The molecule has 0 radical (unpaired) electrons. The Morgan fingerprint density at radius 2 is 1.64 bits per heavy atom. The molecule has 5 heteroatoms.